The van der Waals surface area contributed by atoms with Gasteiger partial charge in [-0.15, -0.1) is 11.8 Å². The summed E-state index contributed by atoms with van der Waals surface area (Å²) in [7, 11) is 0. The lowest BCUT2D eigenvalue weighted by atomic mass is 9.71. The van der Waals surface area contributed by atoms with E-state index in [0.717, 1.165) is 41.3 Å². The third-order valence-electron chi connectivity index (χ3n) is 5.28. The minimum absolute atomic E-state index is 0.0465. The summed E-state index contributed by atoms with van der Waals surface area (Å²) in [6, 6.07) is 0. The zero-order valence-electron chi connectivity index (χ0n) is 13.7. The molecule has 0 aromatic rings. The van der Waals surface area contributed by atoms with Crippen LogP contribution in [0.3, 0.4) is 0 Å². The van der Waals surface area contributed by atoms with Gasteiger partial charge in [-0.3, -0.25) is 9.59 Å². The van der Waals surface area contributed by atoms with E-state index >= 15 is 4.39 Å². The van der Waals surface area contributed by atoms with Crippen LogP contribution in [0.2, 0.25) is 0 Å². The normalized spacial score (nSPS) is 32.3. The van der Waals surface area contributed by atoms with Gasteiger partial charge in [0.25, 0.3) is 0 Å². The second-order valence-electron chi connectivity index (χ2n) is 6.88. The van der Waals surface area contributed by atoms with E-state index in [4.69, 9.17) is 0 Å². The lowest BCUT2D eigenvalue weighted by molar-refractivity contribution is -0.117. The number of thioether (sulfide) groups is 1. The molecule has 2 aliphatic heterocycles. The predicted molar refractivity (Wildman–Crippen MR) is 93.0 cm³/mol. The summed E-state index contributed by atoms with van der Waals surface area (Å²) in [5.41, 5.74) is 1.38. The Morgan fingerprint density at radius 2 is 2.17 bits per heavy atom. The highest BCUT2D eigenvalue weighted by Gasteiger charge is 2.50. The number of carbonyl (C=O) groups is 2. The number of hydrogen-bond donors (Lipinski definition) is 1. The van der Waals surface area contributed by atoms with Crippen molar-refractivity contribution in [2.24, 2.45) is 5.92 Å². The number of alkyl halides is 1. The molecule has 0 aromatic heterocycles. The number of nitrogens with one attached hydrogen (secondary N) is 1. The van der Waals surface area contributed by atoms with Crippen molar-refractivity contribution in [2.45, 2.75) is 44.7 Å². The molecule has 24 heavy (non-hydrogen) atoms. The molecule has 2 heterocycles. The lowest BCUT2D eigenvalue weighted by Crippen LogP contribution is -2.43. The molecular weight excluding hydrogens is 325 g/mol. The van der Waals surface area contributed by atoms with Crippen molar-refractivity contribution in [3.8, 4) is 0 Å². The number of dihydropyridines is 1. The van der Waals surface area contributed by atoms with Crippen molar-refractivity contribution in [3.05, 3.63) is 45.7 Å². The van der Waals surface area contributed by atoms with E-state index in [-0.39, 0.29) is 18.0 Å². The Labute approximate surface area is 145 Å². The van der Waals surface area contributed by atoms with Crippen LogP contribution in [0.25, 0.3) is 0 Å². The number of Topliss-reactive ketones (excluding diaryl/α,β-unsaturated/α-hetero) is 2. The van der Waals surface area contributed by atoms with Gasteiger partial charge in [-0.25, -0.2) is 4.39 Å². The van der Waals surface area contributed by atoms with Crippen molar-refractivity contribution in [3.63, 3.8) is 0 Å². The molecule has 0 bridgehead atoms. The molecule has 4 aliphatic rings. The van der Waals surface area contributed by atoms with Crippen molar-refractivity contribution >= 4 is 23.3 Å². The molecule has 0 aromatic carbocycles. The first-order chi connectivity index (χ1) is 11.5. The molecule has 2 atom stereocenters. The highest BCUT2D eigenvalue weighted by Crippen LogP contribution is 2.53. The van der Waals surface area contributed by atoms with Crippen LogP contribution in [0, 0.1) is 5.92 Å². The van der Waals surface area contributed by atoms with Crippen molar-refractivity contribution in [2.75, 3.05) is 5.75 Å². The highest BCUT2D eigenvalue weighted by atomic mass is 32.2. The predicted octanol–water partition coefficient (Wildman–Crippen LogP) is 3.75. The molecule has 0 amide bonds. The van der Waals surface area contributed by atoms with Gasteiger partial charge in [0.15, 0.2) is 11.6 Å². The van der Waals surface area contributed by atoms with Gasteiger partial charge in [0, 0.05) is 40.5 Å². The highest BCUT2D eigenvalue weighted by molar-refractivity contribution is 8.03. The van der Waals surface area contributed by atoms with Gasteiger partial charge >= 0.3 is 0 Å². The summed E-state index contributed by atoms with van der Waals surface area (Å²) in [6.45, 7) is 1.47. The van der Waals surface area contributed by atoms with E-state index in [1.165, 1.54) is 6.92 Å². The van der Waals surface area contributed by atoms with Crippen LogP contribution in [0.15, 0.2) is 45.7 Å². The number of halogens is 1. The molecule has 4 rings (SSSR count). The fourth-order valence-electron chi connectivity index (χ4n) is 4.13. The fraction of sp³-hybridized carbons (Fsp3) is 0.474. The number of rotatable bonds is 2. The zero-order chi connectivity index (χ0) is 16.9. The molecular formula is C19H20FNO2S. The van der Waals surface area contributed by atoms with E-state index in [9.17, 15) is 9.59 Å². The summed E-state index contributed by atoms with van der Waals surface area (Å²) < 4.78 is 16.1. The third-order valence-corrected chi connectivity index (χ3v) is 6.48. The molecule has 126 valence electrons. The first-order valence-electron chi connectivity index (χ1n) is 8.47. The number of hydrogen-bond acceptors (Lipinski definition) is 4. The van der Waals surface area contributed by atoms with Crippen LogP contribution in [-0.4, -0.2) is 23.0 Å². The maximum atomic E-state index is 16.1. The van der Waals surface area contributed by atoms with Gasteiger partial charge in [-0.05, 0) is 37.8 Å². The van der Waals surface area contributed by atoms with Crippen LogP contribution in [0.1, 0.15) is 39.0 Å². The van der Waals surface area contributed by atoms with E-state index < -0.39 is 11.6 Å². The smallest absolute Gasteiger partial charge is 0.161 e. The molecule has 0 spiro atoms. The quantitative estimate of drug-likeness (QED) is 0.828. The molecule has 0 radical (unpaired) electrons. The van der Waals surface area contributed by atoms with Gasteiger partial charge in [0.1, 0.15) is 5.67 Å². The minimum Gasteiger partial charge on any atom is -0.361 e. The maximum absolute atomic E-state index is 16.1. The van der Waals surface area contributed by atoms with E-state index in [1.54, 1.807) is 30.0 Å². The SMILES string of the molecule is CC(=O)C1=CC=CC(F)(C2C3=C(CCS3)NC3=C2C(=O)CCC3)C1. The Balaban J connectivity index is 1.81. The standard InChI is InChI=1S/C19H20FNO2S/c1-11(22)12-4-3-8-19(20,10-12)17-16-13(5-2-6-15(16)23)21-14-7-9-24-18(14)17/h3-4,8,17,21H,2,5-7,9-10H2,1H3. The Morgan fingerprint density at radius 3 is 2.96 bits per heavy atom. The summed E-state index contributed by atoms with van der Waals surface area (Å²) >= 11 is 1.65. The largest absolute Gasteiger partial charge is 0.361 e. The molecule has 0 saturated carbocycles. The summed E-state index contributed by atoms with van der Waals surface area (Å²) in [5.74, 6) is 0.297. The summed E-state index contributed by atoms with van der Waals surface area (Å²) in [6.07, 6.45) is 7.91. The zero-order valence-corrected chi connectivity index (χ0v) is 14.5. The lowest BCUT2D eigenvalue weighted by Gasteiger charge is -2.40. The van der Waals surface area contributed by atoms with Crippen LogP contribution < -0.4 is 5.32 Å². The Morgan fingerprint density at radius 1 is 1.33 bits per heavy atom. The molecule has 2 unspecified atom stereocenters. The number of ketones is 2. The molecule has 0 saturated heterocycles. The van der Waals surface area contributed by atoms with Crippen molar-refractivity contribution < 1.29 is 14.0 Å². The molecule has 1 N–H and O–H groups in total. The van der Waals surface area contributed by atoms with Gasteiger partial charge in [-0.2, -0.15) is 0 Å². The van der Waals surface area contributed by atoms with Gasteiger partial charge < -0.3 is 5.32 Å². The van der Waals surface area contributed by atoms with Crippen LogP contribution >= 0.6 is 11.8 Å². The van der Waals surface area contributed by atoms with Crippen LogP contribution in [-0.2, 0) is 9.59 Å². The molecule has 3 nitrogen and oxygen atoms in total. The second kappa shape index (κ2) is 5.73. The first-order valence-corrected chi connectivity index (χ1v) is 9.45. The fourth-order valence-corrected chi connectivity index (χ4v) is 5.46. The van der Waals surface area contributed by atoms with E-state index in [0.29, 0.717) is 17.6 Å². The Hall–Kier alpha value is -1.62. The summed E-state index contributed by atoms with van der Waals surface area (Å²) in [5, 5.41) is 3.41. The van der Waals surface area contributed by atoms with Crippen molar-refractivity contribution in [1.29, 1.82) is 0 Å². The summed E-state index contributed by atoms with van der Waals surface area (Å²) in [4.78, 5) is 25.4. The van der Waals surface area contributed by atoms with Gasteiger partial charge in [0.05, 0.1) is 5.92 Å². The third kappa shape index (κ3) is 2.41. The minimum atomic E-state index is -1.70. The van der Waals surface area contributed by atoms with Crippen LogP contribution in [0.4, 0.5) is 4.39 Å². The molecule has 2 aliphatic carbocycles. The average Bonchev–Trinajstić information content (AvgIpc) is 3.01. The van der Waals surface area contributed by atoms with Gasteiger partial charge in [-0.1, -0.05) is 12.2 Å². The Kier molecular flexibility index (Phi) is 3.79. The Bertz CT molecular complexity index is 761. The van der Waals surface area contributed by atoms with Crippen LogP contribution in [0.5, 0.6) is 0 Å². The number of carbonyl (C=O) groups excluding carboxylic acids is 2. The molecule has 5 heteroatoms. The first kappa shape index (κ1) is 15.9. The maximum Gasteiger partial charge on any atom is 0.161 e. The second-order valence-corrected chi connectivity index (χ2v) is 8.02. The number of allylic oxidation sites excluding steroid dienone is 8. The van der Waals surface area contributed by atoms with E-state index in [1.807, 2.05) is 0 Å². The van der Waals surface area contributed by atoms with E-state index in [2.05, 4.69) is 5.32 Å². The van der Waals surface area contributed by atoms with Gasteiger partial charge in [0.2, 0.25) is 0 Å². The molecule has 0 fully saturated rings. The average molecular weight is 345 g/mol. The van der Waals surface area contributed by atoms with Crippen molar-refractivity contribution in [1.82, 2.24) is 5.32 Å². The monoisotopic (exact) mass is 345 g/mol. The topological polar surface area (TPSA) is 46.2 Å².